The van der Waals surface area contributed by atoms with Crippen molar-refractivity contribution in [3.8, 4) is 0 Å². The van der Waals surface area contributed by atoms with E-state index in [-0.39, 0.29) is 16.8 Å². The molecule has 2 heterocycles. The number of hydrogen-bond donors (Lipinski definition) is 1. The maximum Gasteiger partial charge on any atom is 0.244 e. The van der Waals surface area contributed by atoms with Crippen LogP contribution in [0.1, 0.15) is 51.9 Å². The zero-order valence-corrected chi connectivity index (χ0v) is 17.5. The number of rotatable bonds is 6. The molecule has 2 aliphatic rings. The number of sulfonamides is 1. The Bertz CT molecular complexity index is 731. The van der Waals surface area contributed by atoms with Crippen LogP contribution in [0.3, 0.4) is 0 Å². The van der Waals surface area contributed by atoms with Gasteiger partial charge in [-0.15, -0.1) is 0 Å². The molecule has 1 N–H and O–H groups in total. The minimum absolute atomic E-state index is 0.0190. The van der Waals surface area contributed by atoms with Gasteiger partial charge in [0.1, 0.15) is 4.90 Å². The third-order valence-electron chi connectivity index (χ3n) is 5.47. The fraction of sp³-hybridized carbons (Fsp3) is 0.684. The molecule has 0 bridgehead atoms. The summed E-state index contributed by atoms with van der Waals surface area (Å²) in [6.45, 7) is 3.36. The average Bonchev–Trinajstić information content (AvgIpc) is 2.69. The van der Waals surface area contributed by atoms with Crippen molar-refractivity contribution in [1.82, 2.24) is 14.6 Å². The number of carbonyl (C=O) groups excluding carboxylic acids is 1. The molecule has 1 saturated heterocycles. The predicted molar refractivity (Wildman–Crippen MR) is 107 cm³/mol. The van der Waals surface area contributed by atoms with Crippen LogP contribution >= 0.6 is 11.8 Å². The van der Waals surface area contributed by atoms with Crippen molar-refractivity contribution in [3.63, 3.8) is 0 Å². The van der Waals surface area contributed by atoms with E-state index in [0.717, 1.165) is 25.7 Å². The number of amides is 1. The minimum Gasteiger partial charge on any atom is -0.352 e. The highest BCUT2D eigenvalue weighted by atomic mass is 32.2. The normalized spacial score (nSPS) is 24.5. The highest BCUT2D eigenvalue weighted by molar-refractivity contribution is 7.99. The number of thioether (sulfide) groups is 1. The quantitative estimate of drug-likeness (QED) is 0.728. The molecule has 1 aromatic rings. The average molecular weight is 412 g/mol. The first-order chi connectivity index (χ1) is 13.0. The fourth-order valence-corrected chi connectivity index (χ4v) is 5.89. The van der Waals surface area contributed by atoms with Gasteiger partial charge < -0.3 is 5.32 Å². The summed E-state index contributed by atoms with van der Waals surface area (Å²) >= 11 is 1.34. The Labute approximate surface area is 166 Å². The van der Waals surface area contributed by atoms with Gasteiger partial charge in [0, 0.05) is 25.3 Å². The van der Waals surface area contributed by atoms with E-state index in [1.165, 1.54) is 37.2 Å². The van der Waals surface area contributed by atoms with Crippen LogP contribution in [0.4, 0.5) is 0 Å². The van der Waals surface area contributed by atoms with E-state index < -0.39 is 10.0 Å². The summed E-state index contributed by atoms with van der Waals surface area (Å²) in [4.78, 5) is 16.7. The van der Waals surface area contributed by atoms with E-state index in [1.807, 2.05) is 0 Å². The van der Waals surface area contributed by atoms with E-state index in [0.29, 0.717) is 29.8 Å². The molecule has 3 rings (SSSR count). The van der Waals surface area contributed by atoms with Crippen LogP contribution in [0.15, 0.2) is 28.3 Å². The molecular weight excluding hydrogens is 382 g/mol. The van der Waals surface area contributed by atoms with Crippen molar-refractivity contribution in [2.45, 2.75) is 67.8 Å². The molecule has 1 aromatic heterocycles. The molecule has 0 unspecified atom stereocenters. The smallest absolute Gasteiger partial charge is 0.244 e. The number of piperidine rings is 1. The van der Waals surface area contributed by atoms with Crippen molar-refractivity contribution in [3.05, 3.63) is 18.3 Å². The molecule has 1 aliphatic carbocycles. The maximum absolute atomic E-state index is 12.6. The summed E-state index contributed by atoms with van der Waals surface area (Å²) in [7, 11) is -3.45. The second kappa shape index (κ2) is 9.39. The molecule has 1 aliphatic heterocycles. The number of aromatic nitrogens is 1. The molecular formula is C19H29N3O3S2. The van der Waals surface area contributed by atoms with Gasteiger partial charge in [-0.25, -0.2) is 13.4 Å². The third kappa shape index (κ3) is 5.45. The van der Waals surface area contributed by atoms with Crippen molar-refractivity contribution in [2.24, 2.45) is 5.92 Å². The van der Waals surface area contributed by atoms with Crippen LogP contribution in [0.25, 0.3) is 0 Å². The lowest BCUT2D eigenvalue weighted by Crippen LogP contribution is -2.41. The lowest BCUT2D eigenvalue weighted by molar-refractivity contribution is -0.119. The van der Waals surface area contributed by atoms with Gasteiger partial charge >= 0.3 is 0 Å². The molecule has 27 heavy (non-hydrogen) atoms. The van der Waals surface area contributed by atoms with E-state index >= 15 is 0 Å². The monoisotopic (exact) mass is 411 g/mol. The molecule has 0 spiro atoms. The third-order valence-corrected chi connectivity index (χ3v) is 8.30. The molecule has 0 aromatic carbocycles. The van der Waals surface area contributed by atoms with Crippen molar-refractivity contribution in [1.29, 1.82) is 0 Å². The minimum atomic E-state index is -3.45. The van der Waals surface area contributed by atoms with Gasteiger partial charge in [-0.2, -0.15) is 4.31 Å². The molecule has 8 heteroatoms. The fourth-order valence-electron chi connectivity index (χ4n) is 3.78. The molecule has 1 saturated carbocycles. The van der Waals surface area contributed by atoms with Crippen molar-refractivity contribution >= 4 is 27.7 Å². The Kier molecular flexibility index (Phi) is 7.16. The first-order valence-electron chi connectivity index (χ1n) is 9.85. The number of hydrogen-bond acceptors (Lipinski definition) is 5. The summed E-state index contributed by atoms with van der Waals surface area (Å²) < 4.78 is 26.8. The molecule has 150 valence electrons. The first-order valence-corrected chi connectivity index (χ1v) is 12.3. The van der Waals surface area contributed by atoms with Gasteiger partial charge in [0.15, 0.2) is 0 Å². The first kappa shape index (κ1) is 20.6. The van der Waals surface area contributed by atoms with Crippen LogP contribution in [0, 0.1) is 5.92 Å². The predicted octanol–water partition coefficient (Wildman–Crippen LogP) is 3.04. The number of pyridine rings is 1. The van der Waals surface area contributed by atoms with Gasteiger partial charge in [0.05, 0.1) is 10.8 Å². The largest absolute Gasteiger partial charge is 0.352 e. The van der Waals surface area contributed by atoms with Crippen molar-refractivity contribution in [2.75, 3.05) is 18.8 Å². The van der Waals surface area contributed by atoms with Gasteiger partial charge in [-0.05, 0) is 43.7 Å². The summed E-state index contributed by atoms with van der Waals surface area (Å²) in [5.41, 5.74) is 0. The van der Waals surface area contributed by atoms with Crippen LogP contribution in [0.2, 0.25) is 0 Å². The molecule has 1 amide bonds. The second-order valence-electron chi connectivity index (χ2n) is 7.52. The second-order valence-corrected chi connectivity index (χ2v) is 10.5. The van der Waals surface area contributed by atoms with E-state index in [4.69, 9.17) is 0 Å². The molecule has 2 fully saturated rings. The molecule has 2 atom stereocenters. The standard InChI is InChI=1S/C19H29N3O3S2/c1-15-7-3-4-8-17(15)21-18(23)14-26-19-10-9-16(13-20-19)27(24,25)22-11-5-2-6-12-22/h9-10,13,15,17H,2-8,11-12,14H2,1H3,(H,21,23)/t15-,17-/m0/s1. The van der Waals surface area contributed by atoms with Gasteiger partial charge in [-0.3, -0.25) is 4.79 Å². The zero-order valence-electron chi connectivity index (χ0n) is 15.9. The summed E-state index contributed by atoms with van der Waals surface area (Å²) in [5.74, 6) is 0.852. The maximum atomic E-state index is 12.6. The highest BCUT2D eigenvalue weighted by Crippen LogP contribution is 2.25. The number of nitrogens with zero attached hydrogens (tertiary/aromatic N) is 2. The summed E-state index contributed by atoms with van der Waals surface area (Å²) in [6, 6.07) is 3.56. The summed E-state index contributed by atoms with van der Waals surface area (Å²) in [6.07, 6.45) is 8.97. The Morgan fingerprint density at radius 1 is 1.19 bits per heavy atom. The van der Waals surface area contributed by atoms with E-state index in [1.54, 1.807) is 16.4 Å². The van der Waals surface area contributed by atoms with E-state index in [2.05, 4.69) is 17.2 Å². The van der Waals surface area contributed by atoms with Gasteiger partial charge in [0.2, 0.25) is 15.9 Å². The van der Waals surface area contributed by atoms with Crippen LogP contribution in [0.5, 0.6) is 0 Å². The van der Waals surface area contributed by atoms with Crippen LogP contribution < -0.4 is 5.32 Å². The Balaban J connectivity index is 1.52. The lowest BCUT2D eigenvalue weighted by Gasteiger charge is -2.29. The van der Waals surface area contributed by atoms with Crippen molar-refractivity contribution < 1.29 is 13.2 Å². The zero-order chi connectivity index (χ0) is 19.3. The van der Waals surface area contributed by atoms with Crippen LogP contribution in [-0.4, -0.2) is 48.5 Å². The summed E-state index contributed by atoms with van der Waals surface area (Å²) in [5, 5.41) is 3.79. The molecule has 6 nitrogen and oxygen atoms in total. The number of carbonyl (C=O) groups is 1. The lowest BCUT2D eigenvalue weighted by atomic mass is 9.86. The van der Waals surface area contributed by atoms with Gasteiger partial charge in [-0.1, -0.05) is 37.9 Å². The van der Waals surface area contributed by atoms with E-state index in [9.17, 15) is 13.2 Å². The SMILES string of the molecule is C[C@H]1CCCC[C@@H]1NC(=O)CSc1ccc(S(=O)(=O)N2CCCCC2)cn1. The van der Waals surface area contributed by atoms with Crippen LogP contribution in [-0.2, 0) is 14.8 Å². The molecule has 0 radical (unpaired) electrons. The Morgan fingerprint density at radius 3 is 2.59 bits per heavy atom. The Hall–Kier alpha value is -1.12. The highest BCUT2D eigenvalue weighted by Gasteiger charge is 2.26. The Morgan fingerprint density at radius 2 is 1.93 bits per heavy atom. The number of nitrogens with one attached hydrogen (secondary N) is 1. The van der Waals surface area contributed by atoms with Gasteiger partial charge in [0.25, 0.3) is 0 Å². The topological polar surface area (TPSA) is 79.4 Å².